The maximum Gasteiger partial charge on any atom is 0.227 e. The summed E-state index contributed by atoms with van der Waals surface area (Å²) in [5, 5.41) is 6.50. The van der Waals surface area contributed by atoms with Crippen LogP contribution in [0, 0.1) is 12.7 Å². The maximum absolute atomic E-state index is 13.5. The van der Waals surface area contributed by atoms with E-state index in [9.17, 15) is 9.18 Å². The van der Waals surface area contributed by atoms with E-state index < -0.39 is 0 Å². The number of rotatable bonds is 4. The highest BCUT2D eigenvalue weighted by atomic mass is 32.1. The number of thiocarbonyl (C=S) groups is 1. The molecule has 0 unspecified atom stereocenters. The highest BCUT2D eigenvalue weighted by molar-refractivity contribution is 7.80. The van der Waals surface area contributed by atoms with E-state index in [1.54, 1.807) is 19.1 Å². The van der Waals surface area contributed by atoms with Crippen molar-refractivity contribution in [3.63, 3.8) is 0 Å². The fraction of sp³-hybridized carbons (Fsp3) is 0.263. The SMILES string of the molecule is Cc1ccc(NC(=S)NCc2ccc(N3CCCC3=O)cc2)cc1F. The van der Waals surface area contributed by atoms with Crippen molar-refractivity contribution in [3.8, 4) is 0 Å². The summed E-state index contributed by atoms with van der Waals surface area (Å²) >= 11 is 5.24. The minimum Gasteiger partial charge on any atom is -0.358 e. The van der Waals surface area contributed by atoms with Crippen LogP contribution >= 0.6 is 12.2 Å². The van der Waals surface area contributed by atoms with Crippen LogP contribution in [0.2, 0.25) is 0 Å². The van der Waals surface area contributed by atoms with Gasteiger partial charge in [-0.1, -0.05) is 18.2 Å². The van der Waals surface area contributed by atoms with E-state index in [0.717, 1.165) is 24.2 Å². The summed E-state index contributed by atoms with van der Waals surface area (Å²) < 4.78 is 13.5. The summed E-state index contributed by atoms with van der Waals surface area (Å²) in [6, 6.07) is 12.8. The lowest BCUT2D eigenvalue weighted by molar-refractivity contribution is -0.117. The Kier molecular flexibility index (Phi) is 5.28. The average molecular weight is 357 g/mol. The fourth-order valence-corrected chi connectivity index (χ4v) is 2.93. The lowest BCUT2D eigenvalue weighted by Gasteiger charge is -2.16. The van der Waals surface area contributed by atoms with Crippen molar-refractivity contribution in [2.24, 2.45) is 0 Å². The Morgan fingerprint density at radius 1 is 1.24 bits per heavy atom. The lowest BCUT2D eigenvalue weighted by Crippen LogP contribution is -2.28. The molecule has 1 aliphatic heterocycles. The van der Waals surface area contributed by atoms with Crippen LogP contribution in [0.4, 0.5) is 15.8 Å². The van der Waals surface area contributed by atoms with Gasteiger partial charge < -0.3 is 15.5 Å². The van der Waals surface area contributed by atoms with Gasteiger partial charge in [0.05, 0.1) is 0 Å². The van der Waals surface area contributed by atoms with E-state index in [0.29, 0.717) is 29.3 Å². The molecule has 0 spiro atoms. The van der Waals surface area contributed by atoms with Gasteiger partial charge in [-0.2, -0.15) is 0 Å². The number of nitrogens with zero attached hydrogens (tertiary/aromatic N) is 1. The van der Waals surface area contributed by atoms with Gasteiger partial charge in [0, 0.05) is 30.9 Å². The molecule has 3 rings (SSSR count). The summed E-state index contributed by atoms with van der Waals surface area (Å²) in [5.74, 6) is -0.0820. The van der Waals surface area contributed by atoms with Crippen molar-refractivity contribution < 1.29 is 9.18 Å². The van der Waals surface area contributed by atoms with Crippen LogP contribution < -0.4 is 15.5 Å². The Morgan fingerprint density at radius 3 is 2.64 bits per heavy atom. The number of carbonyl (C=O) groups is 1. The van der Waals surface area contributed by atoms with Crippen LogP contribution in [0.15, 0.2) is 42.5 Å². The maximum atomic E-state index is 13.5. The fourth-order valence-electron chi connectivity index (χ4n) is 2.74. The number of hydrogen-bond acceptors (Lipinski definition) is 2. The zero-order valence-corrected chi connectivity index (χ0v) is 14.8. The second-order valence-electron chi connectivity index (χ2n) is 6.09. The first-order chi connectivity index (χ1) is 12.0. The number of anilines is 2. The molecule has 1 fully saturated rings. The molecule has 1 amide bonds. The zero-order chi connectivity index (χ0) is 17.8. The molecule has 2 N–H and O–H groups in total. The standard InChI is InChI=1S/C19H20FN3OS/c1-13-4-7-15(11-17(13)20)22-19(25)21-12-14-5-8-16(9-6-14)23-10-2-3-18(23)24/h4-9,11H,2-3,10,12H2,1H3,(H2,21,22,25). The molecule has 130 valence electrons. The Morgan fingerprint density at radius 2 is 2.00 bits per heavy atom. The van der Waals surface area contributed by atoms with Crippen molar-refractivity contribution in [2.75, 3.05) is 16.8 Å². The normalized spacial score (nSPS) is 13.8. The van der Waals surface area contributed by atoms with Gasteiger partial charge >= 0.3 is 0 Å². The van der Waals surface area contributed by atoms with E-state index in [4.69, 9.17) is 12.2 Å². The highest BCUT2D eigenvalue weighted by Gasteiger charge is 2.21. The Balaban J connectivity index is 1.53. The summed E-state index contributed by atoms with van der Waals surface area (Å²) in [7, 11) is 0. The molecule has 0 aromatic heterocycles. The molecule has 4 nitrogen and oxygen atoms in total. The van der Waals surface area contributed by atoms with E-state index in [-0.39, 0.29) is 11.7 Å². The molecular formula is C19H20FN3OS. The third-order valence-electron chi connectivity index (χ3n) is 4.20. The minimum atomic E-state index is -0.264. The van der Waals surface area contributed by atoms with Gasteiger partial charge in [-0.25, -0.2) is 4.39 Å². The van der Waals surface area contributed by atoms with Crippen LogP contribution in [0.1, 0.15) is 24.0 Å². The van der Waals surface area contributed by atoms with Gasteiger partial charge in [-0.15, -0.1) is 0 Å². The van der Waals surface area contributed by atoms with Crippen molar-refractivity contribution in [3.05, 3.63) is 59.4 Å². The van der Waals surface area contributed by atoms with Gasteiger partial charge in [0.1, 0.15) is 5.82 Å². The molecule has 0 saturated carbocycles. The molecule has 2 aromatic carbocycles. The van der Waals surface area contributed by atoms with Crippen LogP contribution in [0.25, 0.3) is 0 Å². The second-order valence-corrected chi connectivity index (χ2v) is 6.50. The molecule has 2 aromatic rings. The third-order valence-corrected chi connectivity index (χ3v) is 4.45. The Hall–Kier alpha value is -2.47. The van der Waals surface area contributed by atoms with E-state index in [1.807, 2.05) is 29.2 Å². The van der Waals surface area contributed by atoms with Crippen molar-refractivity contribution in [2.45, 2.75) is 26.3 Å². The molecule has 6 heteroatoms. The van der Waals surface area contributed by atoms with Crippen molar-refractivity contribution in [1.29, 1.82) is 0 Å². The van der Waals surface area contributed by atoms with Crippen molar-refractivity contribution >= 4 is 34.6 Å². The Labute approximate surface area is 152 Å². The lowest BCUT2D eigenvalue weighted by atomic mass is 10.2. The highest BCUT2D eigenvalue weighted by Crippen LogP contribution is 2.21. The van der Waals surface area contributed by atoms with Gasteiger partial charge in [-0.05, 0) is 61.0 Å². The number of halogens is 1. The number of aryl methyl sites for hydroxylation is 1. The first-order valence-corrected chi connectivity index (χ1v) is 8.64. The van der Waals surface area contributed by atoms with Gasteiger partial charge in [-0.3, -0.25) is 4.79 Å². The molecular weight excluding hydrogens is 337 g/mol. The molecule has 1 aliphatic rings. The summed E-state index contributed by atoms with van der Waals surface area (Å²) in [6.45, 7) is 3.06. The number of benzene rings is 2. The largest absolute Gasteiger partial charge is 0.358 e. The monoisotopic (exact) mass is 357 g/mol. The van der Waals surface area contributed by atoms with E-state index >= 15 is 0 Å². The first kappa shape index (κ1) is 17.4. The molecule has 0 atom stereocenters. The smallest absolute Gasteiger partial charge is 0.227 e. The van der Waals surface area contributed by atoms with Gasteiger partial charge in [0.2, 0.25) is 5.91 Å². The van der Waals surface area contributed by atoms with Gasteiger partial charge in [0.25, 0.3) is 0 Å². The molecule has 1 saturated heterocycles. The number of amides is 1. The Bertz CT molecular complexity index is 792. The number of hydrogen-bond donors (Lipinski definition) is 2. The second kappa shape index (κ2) is 7.61. The number of carbonyl (C=O) groups excluding carboxylic acids is 1. The third kappa shape index (κ3) is 4.33. The minimum absolute atomic E-state index is 0.182. The summed E-state index contributed by atoms with van der Waals surface area (Å²) in [5.41, 5.74) is 3.20. The summed E-state index contributed by atoms with van der Waals surface area (Å²) in [6.07, 6.45) is 1.55. The van der Waals surface area contributed by atoms with Crippen LogP contribution in [0.5, 0.6) is 0 Å². The molecule has 0 bridgehead atoms. The predicted molar refractivity (Wildman–Crippen MR) is 102 cm³/mol. The van der Waals surface area contributed by atoms with E-state index in [2.05, 4.69) is 10.6 Å². The average Bonchev–Trinajstić information content (AvgIpc) is 3.03. The molecule has 1 heterocycles. The zero-order valence-electron chi connectivity index (χ0n) is 14.0. The topological polar surface area (TPSA) is 44.4 Å². The molecule has 0 radical (unpaired) electrons. The first-order valence-electron chi connectivity index (χ1n) is 8.23. The molecule has 0 aliphatic carbocycles. The number of nitrogens with one attached hydrogen (secondary N) is 2. The van der Waals surface area contributed by atoms with Crippen LogP contribution in [-0.2, 0) is 11.3 Å². The molecule has 25 heavy (non-hydrogen) atoms. The van der Waals surface area contributed by atoms with Crippen LogP contribution in [-0.4, -0.2) is 17.6 Å². The van der Waals surface area contributed by atoms with Gasteiger partial charge in [0.15, 0.2) is 5.11 Å². The van der Waals surface area contributed by atoms with Crippen molar-refractivity contribution in [1.82, 2.24) is 5.32 Å². The quantitative estimate of drug-likeness (QED) is 0.818. The van der Waals surface area contributed by atoms with Crippen LogP contribution in [0.3, 0.4) is 0 Å². The summed E-state index contributed by atoms with van der Waals surface area (Å²) in [4.78, 5) is 13.6. The predicted octanol–water partition coefficient (Wildman–Crippen LogP) is 3.75. The van der Waals surface area contributed by atoms with E-state index in [1.165, 1.54) is 6.07 Å².